The average molecular weight is 369 g/mol. The van der Waals surface area contributed by atoms with Gasteiger partial charge < -0.3 is 19.3 Å². The van der Waals surface area contributed by atoms with Gasteiger partial charge in [0, 0.05) is 43.2 Å². The van der Waals surface area contributed by atoms with Gasteiger partial charge in [0.05, 0.1) is 19.2 Å². The van der Waals surface area contributed by atoms with Crippen molar-refractivity contribution in [1.82, 2.24) is 9.80 Å². The number of ether oxygens (including phenoxy) is 2. The molecular formula is C19H29ClN2O3. The van der Waals surface area contributed by atoms with Crippen LogP contribution in [0.5, 0.6) is 11.5 Å². The Morgan fingerprint density at radius 3 is 2.40 bits per heavy atom. The molecule has 1 aliphatic rings. The van der Waals surface area contributed by atoms with Crippen LogP contribution in [-0.4, -0.2) is 55.6 Å². The van der Waals surface area contributed by atoms with E-state index in [9.17, 15) is 4.79 Å². The minimum Gasteiger partial charge on any atom is -0.496 e. The van der Waals surface area contributed by atoms with Crippen LogP contribution in [0.25, 0.3) is 0 Å². The van der Waals surface area contributed by atoms with Crippen LogP contribution in [0.2, 0.25) is 5.02 Å². The lowest BCUT2D eigenvalue weighted by molar-refractivity contribution is -0.131. The number of amides is 1. The molecule has 0 saturated carbocycles. The summed E-state index contributed by atoms with van der Waals surface area (Å²) in [6, 6.07) is 3.70. The van der Waals surface area contributed by atoms with Crippen molar-refractivity contribution in [2.75, 3.05) is 34.4 Å². The van der Waals surface area contributed by atoms with E-state index in [-0.39, 0.29) is 11.4 Å². The highest BCUT2D eigenvalue weighted by molar-refractivity contribution is 6.32. The Morgan fingerprint density at radius 1 is 1.24 bits per heavy atom. The minimum atomic E-state index is -0.114. The zero-order valence-corrected chi connectivity index (χ0v) is 16.8. The Hall–Kier alpha value is -1.46. The Kier molecular flexibility index (Phi) is 6.22. The lowest BCUT2D eigenvalue weighted by Gasteiger charge is -2.32. The third-order valence-electron chi connectivity index (χ3n) is 4.58. The van der Waals surface area contributed by atoms with Gasteiger partial charge in [-0.05, 0) is 39.8 Å². The Labute approximate surface area is 155 Å². The first-order chi connectivity index (χ1) is 11.7. The van der Waals surface area contributed by atoms with Gasteiger partial charge in [-0.25, -0.2) is 0 Å². The standard InChI is InChI=1S/C19H29ClN2O3/c1-19(2,3)22-11-13(7-18(22)23)10-21(4)12-14-8-15(20)17(25-6)9-16(14)24-5/h8-9,13H,7,10-12H2,1-6H3. The lowest BCUT2D eigenvalue weighted by Crippen LogP contribution is -2.42. The molecular weight excluding hydrogens is 340 g/mol. The average Bonchev–Trinajstić information content (AvgIpc) is 2.88. The predicted octanol–water partition coefficient (Wildman–Crippen LogP) is 3.44. The van der Waals surface area contributed by atoms with Gasteiger partial charge in [0.25, 0.3) is 0 Å². The summed E-state index contributed by atoms with van der Waals surface area (Å²) < 4.78 is 10.7. The highest BCUT2D eigenvalue weighted by Gasteiger charge is 2.36. The van der Waals surface area contributed by atoms with Crippen molar-refractivity contribution < 1.29 is 14.3 Å². The maximum atomic E-state index is 12.2. The maximum absolute atomic E-state index is 12.2. The fraction of sp³-hybridized carbons (Fsp3) is 0.632. The Balaban J connectivity index is 2.03. The van der Waals surface area contributed by atoms with E-state index in [1.807, 2.05) is 17.0 Å². The Morgan fingerprint density at radius 2 is 1.88 bits per heavy atom. The molecule has 1 aromatic carbocycles. The topological polar surface area (TPSA) is 42.0 Å². The monoisotopic (exact) mass is 368 g/mol. The van der Waals surface area contributed by atoms with Crippen molar-refractivity contribution in [3.05, 3.63) is 22.7 Å². The number of hydrogen-bond acceptors (Lipinski definition) is 4. The van der Waals surface area contributed by atoms with Crippen molar-refractivity contribution in [1.29, 1.82) is 0 Å². The fourth-order valence-electron chi connectivity index (χ4n) is 3.39. The number of benzene rings is 1. The van der Waals surface area contributed by atoms with E-state index < -0.39 is 0 Å². The third-order valence-corrected chi connectivity index (χ3v) is 4.88. The number of rotatable bonds is 6. The van der Waals surface area contributed by atoms with Crippen LogP contribution in [0.4, 0.5) is 0 Å². The molecule has 0 spiro atoms. The third kappa shape index (κ3) is 4.79. The van der Waals surface area contributed by atoms with Gasteiger partial charge in [-0.1, -0.05) is 11.6 Å². The second-order valence-electron chi connectivity index (χ2n) is 7.74. The summed E-state index contributed by atoms with van der Waals surface area (Å²) >= 11 is 6.25. The van der Waals surface area contributed by atoms with E-state index in [0.717, 1.165) is 24.4 Å². The van der Waals surface area contributed by atoms with E-state index in [1.54, 1.807) is 14.2 Å². The molecule has 5 nitrogen and oxygen atoms in total. The molecule has 0 aromatic heterocycles. The summed E-state index contributed by atoms with van der Waals surface area (Å²) in [6.07, 6.45) is 0.613. The summed E-state index contributed by atoms with van der Waals surface area (Å²) in [4.78, 5) is 16.4. The molecule has 0 bridgehead atoms. The summed E-state index contributed by atoms with van der Waals surface area (Å²) in [5.41, 5.74) is 0.893. The van der Waals surface area contributed by atoms with Gasteiger partial charge in [0.2, 0.25) is 5.91 Å². The van der Waals surface area contributed by atoms with Gasteiger partial charge >= 0.3 is 0 Å². The fourth-order valence-corrected chi connectivity index (χ4v) is 3.66. The zero-order valence-electron chi connectivity index (χ0n) is 16.1. The minimum absolute atomic E-state index is 0.114. The van der Waals surface area contributed by atoms with Gasteiger partial charge in [-0.3, -0.25) is 4.79 Å². The number of halogens is 1. The van der Waals surface area contributed by atoms with Crippen LogP contribution in [0.15, 0.2) is 12.1 Å². The normalized spacial score (nSPS) is 18.2. The van der Waals surface area contributed by atoms with Gasteiger partial charge in [0.1, 0.15) is 11.5 Å². The van der Waals surface area contributed by atoms with Crippen LogP contribution in [0.1, 0.15) is 32.8 Å². The molecule has 25 heavy (non-hydrogen) atoms. The SMILES string of the molecule is COc1cc(OC)c(CN(C)CC2CC(=O)N(C(C)(C)C)C2)cc1Cl. The zero-order chi connectivity index (χ0) is 18.8. The quantitative estimate of drug-likeness (QED) is 0.771. The number of methoxy groups -OCH3 is 2. The van der Waals surface area contributed by atoms with Crippen LogP contribution in [0, 0.1) is 5.92 Å². The number of nitrogens with zero attached hydrogens (tertiary/aromatic N) is 2. The number of carbonyl (C=O) groups excluding carboxylic acids is 1. The van der Waals surface area contributed by atoms with Crippen LogP contribution < -0.4 is 9.47 Å². The van der Waals surface area contributed by atoms with Crippen LogP contribution >= 0.6 is 11.6 Å². The van der Waals surface area contributed by atoms with Gasteiger partial charge in [-0.15, -0.1) is 0 Å². The molecule has 1 fully saturated rings. The molecule has 140 valence electrons. The second-order valence-corrected chi connectivity index (χ2v) is 8.15. The van der Waals surface area contributed by atoms with E-state index in [1.165, 1.54) is 0 Å². The van der Waals surface area contributed by atoms with E-state index in [4.69, 9.17) is 21.1 Å². The van der Waals surface area contributed by atoms with Crippen molar-refractivity contribution in [2.45, 2.75) is 39.3 Å². The molecule has 6 heteroatoms. The molecule has 1 atom stereocenters. The molecule has 2 rings (SSSR count). The molecule has 1 amide bonds. The smallest absolute Gasteiger partial charge is 0.223 e. The van der Waals surface area contributed by atoms with Crippen molar-refractivity contribution in [2.24, 2.45) is 5.92 Å². The largest absolute Gasteiger partial charge is 0.496 e. The molecule has 1 saturated heterocycles. The number of likely N-dealkylation sites (tertiary alicyclic amines) is 1. The van der Waals surface area contributed by atoms with Gasteiger partial charge in [-0.2, -0.15) is 0 Å². The summed E-state index contributed by atoms with van der Waals surface area (Å²) in [7, 11) is 5.29. The maximum Gasteiger partial charge on any atom is 0.223 e. The van der Waals surface area contributed by atoms with E-state index in [0.29, 0.717) is 29.7 Å². The van der Waals surface area contributed by atoms with Crippen LogP contribution in [-0.2, 0) is 11.3 Å². The number of carbonyl (C=O) groups is 1. The summed E-state index contributed by atoms with van der Waals surface area (Å²) in [6.45, 7) is 8.62. The molecule has 0 N–H and O–H groups in total. The highest BCUT2D eigenvalue weighted by atomic mass is 35.5. The summed E-state index contributed by atoms with van der Waals surface area (Å²) in [5, 5.41) is 0.571. The second kappa shape index (κ2) is 7.83. The molecule has 0 radical (unpaired) electrons. The first-order valence-corrected chi connectivity index (χ1v) is 8.93. The highest BCUT2D eigenvalue weighted by Crippen LogP contribution is 2.33. The molecule has 0 aliphatic carbocycles. The number of hydrogen-bond donors (Lipinski definition) is 0. The molecule has 1 aromatic rings. The van der Waals surface area contributed by atoms with Crippen molar-refractivity contribution in [3.63, 3.8) is 0 Å². The van der Waals surface area contributed by atoms with Crippen molar-refractivity contribution >= 4 is 17.5 Å². The van der Waals surface area contributed by atoms with Gasteiger partial charge in [0.15, 0.2) is 0 Å². The van der Waals surface area contributed by atoms with E-state index in [2.05, 4.69) is 32.7 Å². The molecule has 1 aliphatic heterocycles. The van der Waals surface area contributed by atoms with Crippen LogP contribution in [0.3, 0.4) is 0 Å². The first-order valence-electron chi connectivity index (χ1n) is 8.55. The first kappa shape index (κ1) is 19.9. The summed E-state index contributed by atoms with van der Waals surface area (Å²) in [5.74, 6) is 1.95. The lowest BCUT2D eigenvalue weighted by atomic mass is 10.1. The van der Waals surface area contributed by atoms with E-state index >= 15 is 0 Å². The predicted molar refractivity (Wildman–Crippen MR) is 100 cm³/mol. The molecule has 1 heterocycles. The van der Waals surface area contributed by atoms with Crippen molar-refractivity contribution in [3.8, 4) is 11.5 Å². The molecule has 1 unspecified atom stereocenters. The Bertz CT molecular complexity index is 628.